The van der Waals surface area contributed by atoms with E-state index in [0.717, 1.165) is 0 Å². The predicted molar refractivity (Wildman–Crippen MR) is 52.1 cm³/mol. The molecule has 3 unspecified atom stereocenters. The van der Waals surface area contributed by atoms with Crippen LogP contribution in [0, 0.1) is 5.41 Å². The van der Waals surface area contributed by atoms with E-state index in [2.05, 4.69) is 5.32 Å². The van der Waals surface area contributed by atoms with E-state index in [4.69, 9.17) is 15.6 Å². The van der Waals surface area contributed by atoms with E-state index in [-0.39, 0.29) is 12.5 Å². The number of rotatable bonds is 3. The molecule has 0 aliphatic carbocycles. The van der Waals surface area contributed by atoms with Gasteiger partial charge >= 0.3 is 5.97 Å². The van der Waals surface area contributed by atoms with Gasteiger partial charge < -0.3 is 20.9 Å². The number of amides is 1. The molecule has 0 aromatic heterocycles. The van der Waals surface area contributed by atoms with Crippen LogP contribution in [0.2, 0.25) is 0 Å². The molecule has 0 aromatic rings. The maximum absolute atomic E-state index is 11.8. The summed E-state index contributed by atoms with van der Waals surface area (Å²) in [4.78, 5) is 22.3. The average molecular weight is 216 g/mol. The van der Waals surface area contributed by atoms with Gasteiger partial charge in [-0.25, -0.2) is 0 Å². The fraction of sp³-hybridized carbons (Fsp3) is 0.778. The van der Waals surface area contributed by atoms with Gasteiger partial charge in [-0.1, -0.05) is 0 Å². The lowest BCUT2D eigenvalue weighted by Gasteiger charge is -2.26. The van der Waals surface area contributed by atoms with Gasteiger partial charge in [0.05, 0.1) is 18.6 Å². The molecule has 1 heterocycles. The van der Waals surface area contributed by atoms with Crippen molar-refractivity contribution in [2.45, 2.75) is 25.9 Å². The molecule has 0 spiro atoms. The van der Waals surface area contributed by atoms with Gasteiger partial charge in [-0.3, -0.25) is 9.59 Å². The van der Waals surface area contributed by atoms with Crippen LogP contribution in [0.4, 0.5) is 0 Å². The predicted octanol–water partition coefficient (Wildman–Crippen LogP) is -1.06. The zero-order valence-electron chi connectivity index (χ0n) is 8.82. The second kappa shape index (κ2) is 4.16. The van der Waals surface area contributed by atoms with Crippen molar-refractivity contribution >= 4 is 11.9 Å². The van der Waals surface area contributed by atoms with Gasteiger partial charge in [0.1, 0.15) is 6.04 Å². The monoisotopic (exact) mass is 216 g/mol. The summed E-state index contributed by atoms with van der Waals surface area (Å²) in [7, 11) is 0. The fourth-order valence-corrected chi connectivity index (χ4v) is 1.35. The number of aliphatic carboxylic acids is 1. The Morgan fingerprint density at radius 3 is 2.67 bits per heavy atom. The maximum atomic E-state index is 11.8. The molecule has 6 nitrogen and oxygen atoms in total. The van der Waals surface area contributed by atoms with Crippen LogP contribution in [0.5, 0.6) is 0 Å². The molecule has 86 valence electrons. The molecule has 1 amide bonds. The van der Waals surface area contributed by atoms with E-state index in [1.54, 1.807) is 6.92 Å². The normalized spacial score (nSPS) is 32.3. The van der Waals surface area contributed by atoms with E-state index in [1.807, 2.05) is 0 Å². The van der Waals surface area contributed by atoms with E-state index in [1.165, 1.54) is 6.92 Å². The van der Waals surface area contributed by atoms with Crippen LogP contribution in [0.1, 0.15) is 13.8 Å². The van der Waals surface area contributed by atoms with Crippen molar-refractivity contribution in [3.05, 3.63) is 0 Å². The Labute approximate surface area is 87.8 Å². The first-order valence-electron chi connectivity index (χ1n) is 4.75. The van der Waals surface area contributed by atoms with Gasteiger partial charge in [-0.2, -0.15) is 0 Å². The molecule has 0 saturated carbocycles. The van der Waals surface area contributed by atoms with Crippen LogP contribution in [0.3, 0.4) is 0 Å². The topological polar surface area (TPSA) is 102 Å². The van der Waals surface area contributed by atoms with Crippen molar-refractivity contribution in [1.82, 2.24) is 5.32 Å². The maximum Gasteiger partial charge on any atom is 0.325 e. The van der Waals surface area contributed by atoms with Gasteiger partial charge in [0.25, 0.3) is 0 Å². The molecular weight excluding hydrogens is 200 g/mol. The summed E-state index contributed by atoms with van der Waals surface area (Å²) in [6.07, 6.45) is 0. The average Bonchev–Trinajstić information content (AvgIpc) is 2.48. The summed E-state index contributed by atoms with van der Waals surface area (Å²) < 4.78 is 5.10. The number of hydrogen-bond acceptors (Lipinski definition) is 4. The Morgan fingerprint density at radius 2 is 2.27 bits per heavy atom. The Bertz CT molecular complexity index is 281. The summed E-state index contributed by atoms with van der Waals surface area (Å²) in [5, 5.41) is 11.0. The minimum atomic E-state index is -1.07. The Balaban J connectivity index is 2.64. The number of hydrogen-bond donors (Lipinski definition) is 3. The highest BCUT2D eigenvalue weighted by atomic mass is 16.5. The third-order valence-electron chi connectivity index (χ3n) is 2.75. The molecule has 1 rings (SSSR count). The molecule has 15 heavy (non-hydrogen) atoms. The molecule has 1 saturated heterocycles. The summed E-state index contributed by atoms with van der Waals surface area (Å²) in [5.41, 5.74) is 4.90. The highest BCUT2D eigenvalue weighted by Crippen LogP contribution is 2.27. The smallest absolute Gasteiger partial charge is 0.325 e. The lowest BCUT2D eigenvalue weighted by Crippen LogP contribution is -2.53. The van der Waals surface area contributed by atoms with Crippen molar-refractivity contribution in [3.8, 4) is 0 Å². The van der Waals surface area contributed by atoms with Crippen LogP contribution in [-0.4, -0.2) is 42.3 Å². The second-order valence-electron chi connectivity index (χ2n) is 4.07. The number of nitrogens with one attached hydrogen (secondary N) is 1. The van der Waals surface area contributed by atoms with Crippen LogP contribution < -0.4 is 11.1 Å². The van der Waals surface area contributed by atoms with Crippen molar-refractivity contribution in [3.63, 3.8) is 0 Å². The third-order valence-corrected chi connectivity index (χ3v) is 2.75. The SMILES string of the molecule is CC(NC(=O)C1(C)COCC1N)C(=O)O. The summed E-state index contributed by atoms with van der Waals surface area (Å²) in [6.45, 7) is 3.64. The minimum absolute atomic E-state index is 0.229. The van der Waals surface area contributed by atoms with Crippen LogP contribution >= 0.6 is 0 Å². The van der Waals surface area contributed by atoms with Gasteiger partial charge in [0.2, 0.25) is 5.91 Å². The lowest BCUT2D eigenvalue weighted by atomic mass is 9.84. The van der Waals surface area contributed by atoms with Gasteiger partial charge in [-0.15, -0.1) is 0 Å². The number of nitrogens with two attached hydrogens (primary N) is 1. The van der Waals surface area contributed by atoms with Crippen molar-refractivity contribution < 1.29 is 19.4 Å². The zero-order chi connectivity index (χ0) is 11.6. The first kappa shape index (κ1) is 11.9. The molecule has 1 aliphatic rings. The highest BCUT2D eigenvalue weighted by molar-refractivity contribution is 5.87. The van der Waals surface area contributed by atoms with E-state index in [0.29, 0.717) is 6.61 Å². The summed E-state index contributed by atoms with van der Waals surface area (Å²) >= 11 is 0. The largest absolute Gasteiger partial charge is 0.480 e. The molecule has 0 bridgehead atoms. The van der Waals surface area contributed by atoms with Crippen LogP contribution in [0.15, 0.2) is 0 Å². The molecule has 4 N–H and O–H groups in total. The molecule has 6 heteroatoms. The van der Waals surface area contributed by atoms with Crippen LogP contribution in [-0.2, 0) is 14.3 Å². The summed E-state index contributed by atoms with van der Waals surface area (Å²) in [6, 6.07) is -1.30. The van der Waals surface area contributed by atoms with Gasteiger partial charge in [-0.05, 0) is 13.8 Å². The molecule has 1 aliphatic heterocycles. The number of carbonyl (C=O) groups excluding carboxylic acids is 1. The van der Waals surface area contributed by atoms with E-state index >= 15 is 0 Å². The Morgan fingerprint density at radius 1 is 1.67 bits per heavy atom. The number of ether oxygens (including phenoxy) is 1. The fourth-order valence-electron chi connectivity index (χ4n) is 1.35. The van der Waals surface area contributed by atoms with Crippen molar-refractivity contribution in [2.24, 2.45) is 11.1 Å². The van der Waals surface area contributed by atoms with Gasteiger partial charge in [0.15, 0.2) is 0 Å². The quantitative estimate of drug-likeness (QED) is 0.558. The molecule has 0 radical (unpaired) electrons. The number of carbonyl (C=O) groups is 2. The standard InChI is InChI=1S/C9H16N2O4/c1-5(7(12)13)11-8(14)9(2)4-15-3-6(9)10/h5-6H,3-4,10H2,1-2H3,(H,11,14)(H,12,13). The molecular formula is C9H16N2O4. The lowest BCUT2D eigenvalue weighted by molar-refractivity contribution is -0.143. The Kier molecular flexibility index (Phi) is 3.31. The molecule has 1 fully saturated rings. The van der Waals surface area contributed by atoms with E-state index < -0.39 is 23.5 Å². The van der Waals surface area contributed by atoms with Gasteiger partial charge in [0, 0.05) is 6.04 Å². The number of carboxylic acids is 1. The molecule has 0 aromatic carbocycles. The zero-order valence-corrected chi connectivity index (χ0v) is 8.82. The van der Waals surface area contributed by atoms with Crippen molar-refractivity contribution in [1.29, 1.82) is 0 Å². The molecule has 3 atom stereocenters. The third kappa shape index (κ3) is 2.27. The first-order valence-corrected chi connectivity index (χ1v) is 4.75. The van der Waals surface area contributed by atoms with E-state index in [9.17, 15) is 9.59 Å². The minimum Gasteiger partial charge on any atom is -0.480 e. The van der Waals surface area contributed by atoms with Crippen LogP contribution in [0.25, 0.3) is 0 Å². The summed E-state index contributed by atoms with van der Waals surface area (Å²) in [5.74, 6) is -1.44. The Hall–Kier alpha value is -1.14. The first-order chi connectivity index (χ1) is 6.88. The van der Waals surface area contributed by atoms with Crippen molar-refractivity contribution in [2.75, 3.05) is 13.2 Å². The number of carboxylic acid groups (broad SMARTS) is 1. The second-order valence-corrected chi connectivity index (χ2v) is 4.07. The highest BCUT2D eigenvalue weighted by Gasteiger charge is 2.44.